The third-order valence-corrected chi connectivity index (χ3v) is 1.05. The fourth-order valence-corrected chi connectivity index (χ4v) is 0.607. The van der Waals surface area contributed by atoms with Crippen molar-refractivity contribution in [2.45, 2.75) is 13.5 Å². The summed E-state index contributed by atoms with van der Waals surface area (Å²) in [6.07, 6.45) is 1.69. The summed E-state index contributed by atoms with van der Waals surface area (Å²) >= 11 is 0. The highest BCUT2D eigenvalue weighted by Crippen LogP contribution is 1.76. The van der Waals surface area contributed by atoms with E-state index in [2.05, 4.69) is 5.10 Å². The van der Waals surface area contributed by atoms with Gasteiger partial charge in [-0.2, -0.15) is 5.10 Å². The molecule has 2 radical (unpaired) electrons. The molecule has 0 fully saturated rings. The molecular formula is C5H7BN2. The molecule has 0 saturated carbocycles. The molecule has 1 aromatic heterocycles. The van der Waals surface area contributed by atoms with E-state index in [1.54, 1.807) is 16.9 Å². The van der Waals surface area contributed by atoms with Gasteiger partial charge in [-0.25, -0.2) is 0 Å². The Morgan fingerprint density at radius 2 is 2.62 bits per heavy atom. The third kappa shape index (κ3) is 0.758. The molecule has 1 heterocycles. The number of nitrogens with zero attached hydrogens (tertiary/aromatic N) is 2. The van der Waals surface area contributed by atoms with Crippen LogP contribution in [0.3, 0.4) is 0 Å². The van der Waals surface area contributed by atoms with Gasteiger partial charge in [-0.15, -0.1) is 0 Å². The highest BCUT2D eigenvalue weighted by Gasteiger charge is 1.88. The largest absolute Gasteiger partial charge is 0.281 e. The van der Waals surface area contributed by atoms with Crippen LogP contribution < -0.4 is 5.59 Å². The van der Waals surface area contributed by atoms with E-state index in [0.29, 0.717) is 0 Å². The first-order chi connectivity index (χ1) is 3.84. The average molecular weight is 106 g/mol. The minimum absolute atomic E-state index is 0.729. The lowest BCUT2D eigenvalue weighted by molar-refractivity contribution is 0.677. The predicted molar refractivity (Wildman–Crippen MR) is 33.3 cm³/mol. The smallest absolute Gasteiger partial charge is 0.141 e. The normalized spacial score (nSPS) is 9.62. The molecule has 0 aliphatic rings. The Kier molecular flexibility index (Phi) is 1.37. The van der Waals surface area contributed by atoms with Crippen molar-refractivity contribution in [2.75, 3.05) is 0 Å². The molecule has 0 aliphatic carbocycles. The first-order valence-corrected chi connectivity index (χ1v) is 2.62. The molecule has 0 spiro atoms. The summed E-state index contributed by atoms with van der Waals surface area (Å²) in [6, 6.07) is 1.78. The molecule has 0 atom stereocenters. The molecular weight excluding hydrogens is 98.9 g/mol. The second kappa shape index (κ2) is 2.03. The number of rotatable bonds is 1. The zero-order valence-corrected chi connectivity index (χ0v) is 4.83. The van der Waals surface area contributed by atoms with E-state index in [4.69, 9.17) is 7.85 Å². The molecule has 0 saturated heterocycles. The van der Waals surface area contributed by atoms with Gasteiger partial charge in [0, 0.05) is 12.7 Å². The first kappa shape index (κ1) is 5.41. The summed E-state index contributed by atoms with van der Waals surface area (Å²) in [4.78, 5) is 0. The van der Waals surface area contributed by atoms with Crippen molar-refractivity contribution in [3.05, 3.63) is 12.3 Å². The van der Waals surface area contributed by atoms with Crippen molar-refractivity contribution < 1.29 is 0 Å². The molecule has 0 aromatic carbocycles. The molecule has 8 heavy (non-hydrogen) atoms. The average Bonchev–Trinajstić information content (AvgIpc) is 2.14. The van der Waals surface area contributed by atoms with Crippen LogP contribution in [0.4, 0.5) is 0 Å². The topological polar surface area (TPSA) is 17.8 Å². The fraction of sp³-hybridized carbons (Fsp3) is 0.400. The Hall–Kier alpha value is -0.725. The highest BCUT2D eigenvalue weighted by atomic mass is 15.3. The summed E-state index contributed by atoms with van der Waals surface area (Å²) in [5, 5.41) is 3.93. The van der Waals surface area contributed by atoms with E-state index >= 15 is 0 Å². The van der Waals surface area contributed by atoms with E-state index in [0.717, 1.165) is 12.1 Å². The quantitative estimate of drug-likeness (QED) is 0.449. The van der Waals surface area contributed by atoms with E-state index < -0.39 is 0 Å². The Balaban J connectivity index is 2.92. The maximum absolute atomic E-state index is 5.45. The number of aromatic nitrogens is 2. The molecule has 0 unspecified atom stereocenters. The highest BCUT2D eigenvalue weighted by molar-refractivity contribution is 6.30. The number of aryl methyl sites for hydroxylation is 1. The van der Waals surface area contributed by atoms with Gasteiger partial charge in [0.05, 0.1) is 0 Å². The van der Waals surface area contributed by atoms with Crippen LogP contribution in [0, 0.1) is 0 Å². The molecule has 0 bridgehead atoms. The van der Waals surface area contributed by atoms with Crippen LogP contribution in [0.1, 0.15) is 6.92 Å². The second-order valence-corrected chi connectivity index (χ2v) is 1.57. The Labute approximate surface area is 49.9 Å². The summed E-state index contributed by atoms with van der Waals surface area (Å²) in [5.41, 5.74) is 0.729. The lowest BCUT2D eigenvalue weighted by Gasteiger charge is -1.95. The Bertz CT molecular complexity index is 171. The zero-order chi connectivity index (χ0) is 5.98. The van der Waals surface area contributed by atoms with Crippen LogP contribution in [-0.4, -0.2) is 17.6 Å². The minimum Gasteiger partial charge on any atom is -0.281 e. The van der Waals surface area contributed by atoms with Crippen LogP contribution in [0.5, 0.6) is 0 Å². The van der Waals surface area contributed by atoms with Crippen molar-refractivity contribution in [3.63, 3.8) is 0 Å². The van der Waals surface area contributed by atoms with Crippen LogP contribution in [-0.2, 0) is 6.54 Å². The molecule has 3 heteroatoms. The predicted octanol–water partition coefficient (Wildman–Crippen LogP) is -0.303. The van der Waals surface area contributed by atoms with E-state index in [1.165, 1.54) is 0 Å². The first-order valence-electron chi connectivity index (χ1n) is 2.62. The maximum atomic E-state index is 5.45. The summed E-state index contributed by atoms with van der Waals surface area (Å²) in [6.45, 7) is 2.85. The molecule has 0 aliphatic heterocycles. The Morgan fingerprint density at radius 3 is 2.88 bits per heavy atom. The fourth-order valence-electron chi connectivity index (χ4n) is 0.607. The van der Waals surface area contributed by atoms with Gasteiger partial charge in [-0.1, -0.05) is 0 Å². The molecule has 40 valence electrons. The van der Waals surface area contributed by atoms with E-state index in [-0.39, 0.29) is 0 Å². The summed E-state index contributed by atoms with van der Waals surface area (Å²) in [5.74, 6) is 0. The summed E-state index contributed by atoms with van der Waals surface area (Å²) in [7, 11) is 5.45. The van der Waals surface area contributed by atoms with Gasteiger partial charge in [0.1, 0.15) is 7.85 Å². The van der Waals surface area contributed by atoms with Gasteiger partial charge in [-0.05, 0) is 18.6 Å². The SMILES string of the molecule is [B]c1ccnn1CC. The summed E-state index contributed by atoms with van der Waals surface area (Å²) < 4.78 is 1.74. The molecule has 1 rings (SSSR count). The monoisotopic (exact) mass is 106 g/mol. The minimum atomic E-state index is 0.729. The van der Waals surface area contributed by atoms with Crippen LogP contribution in [0.15, 0.2) is 12.3 Å². The second-order valence-electron chi connectivity index (χ2n) is 1.57. The molecule has 1 aromatic rings. The molecule has 0 amide bonds. The van der Waals surface area contributed by atoms with Gasteiger partial charge >= 0.3 is 0 Å². The van der Waals surface area contributed by atoms with Crippen LogP contribution in [0.2, 0.25) is 0 Å². The van der Waals surface area contributed by atoms with Crippen LogP contribution >= 0.6 is 0 Å². The van der Waals surface area contributed by atoms with Gasteiger partial charge in [0.15, 0.2) is 0 Å². The lowest BCUT2D eigenvalue weighted by Crippen LogP contribution is -2.16. The van der Waals surface area contributed by atoms with Gasteiger partial charge in [-0.3, -0.25) is 4.68 Å². The van der Waals surface area contributed by atoms with Crippen molar-refractivity contribution in [3.8, 4) is 0 Å². The van der Waals surface area contributed by atoms with Crippen molar-refractivity contribution in [1.29, 1.82) is 0 Å². The number of hydrogen-bond donors (Lipinski definition) is 0. The Morgan fingerprint density at radius 1 is 1.88 bits per heavy atom. The standard InChI is InChI=1S/C5H7BN2/c1-2-8-5(6)3-4-7-8/h3-4H,2H2,1H3. The van der Waals surface area contributed by atoms with Crippen molar-refractivity contribution in [2.24, 2.45) is 0 Å². The maximum Gasteiger partial charge on any atom is 0.141 e. The van der Waals surface area contributed by atoms with Gasteiger partial charge in [0.2, 0.25) is 0 Å². The van der Waals surface area contributed by atoms with Crippen molar-refractivity contribution in [1.82, 2.24) is 9.78 Å². The third-order valence-electron chi connectivity index (χ3n) is 1.05. The van der Waals surface area contributed by atoms with Crippen LogP contribution in [0.25, 0.3) is 0 Å². The lowest BCUT2D eigenvalue weighted by atomic mass is 10.1. The molecule has 0 N–H and O–H groups in total. The molecule has 2 nitrogen and oxygen atoms in total. The van der Waals surface area contributed by atoms with E-state index in [1.807, 2.05) is 6.92 Å². The number of hydrogen-bond acceptors (Lipinski definition) is 1. The van der Waals surface area contributed by atoms with Gasteiger partial charge in [0.25, 0.3) is 0 Å². The van der Waals surface area contributed by atoms with E-state index in [9.17, 15) is 0 Å². The zero-order valence-electron chi connectivity index (χ0n) is 4.83. The van der Waals surface area contributed by atoms with Crippen molar-refractivity contribution >= 4 is 13.4 Å². The van der Waals surface area contributed by atoms with Gasteiger partial charge < -0.3 is 0 Å².